The number of amides is 1. The predicted octanol–water partition coefficient (Wildman–Crippen LogP) is 2.91. The topological polar surface area (TPSA) is 91.3 Å². The molecule has 0 spiro atoms. The molecule has 1 fully saturated rings. The van der Waals surface area contributed by atoms with Gasteiger partial charge in [-0.05, 0) is 31.5 Å². The lowest BCUT2D eigenvalue weighted by atomic mass is 10.0. The van der Waals surface area contributed by atoms with Crippen LogP contribution in [0.3, 0.4) is 0 Å². The number of halogens is 1. The SMILES string of the molecule is CC1(C)OC[C@H](c2ccc(Cl)c(-c3ncn[nH]3)c2)N1C(=O)O. The van der Waals surface area contributed by atoms with Crippen molar-refractivity contribution in [3.05, 3.63) is 35.1 Å². The van der Waals surface area contributed by atoms with E-state index in [1.54, 1.807) is 26.0 Å². The smallest absolute Gasteiger partial charge is 0.410 e. The maximum atomic E-state index is 11.6. The Morgan fingerprint density at radius 3 is 2.95 bits per heavy atom. The first kappa shape index (κ1) is 14.8. The van der Waals surface area contributed by atoms with Crippen LogP contribution in [0.25, 0.3) is 11.4 Å². The van der Waals surface area contributed by atoms with Gasteiger partial charge in [-0.3, -0.25) is 10.00 Å². The minimum Gasteiger partial charge on any atom is -0.465 e. The first-order valence-corrected chi connectivity index (χ1v) is 7.09. The summed E-state index contributed by atoms with van der Waals surface area (Å²) in [5.74, 6) is 0.534. The number of aromatic nitrogens is 3. The highest BCUT2D eigenvalue weighted by Gasteiger charge is 2.44. The summed E-state index contributed by atoms with van der Waals surface area (Å²) in [6.45, 7) is 3.75. The van der Waals surface area contributed by atoms with Crippen LogP contribution in [0.5, 0.6) is 0 Å². The highest BCUT2D eigenvalue weighted by atomic mass is 35.5. The second-order valence-electron chi connectivity index (χ2n) is 5.50. The zero-order valence-electron chi connectivity index (χ0n) is 12.1. The number of hydrogen-bond acceptors (Lipinski definition) is 4. The number of nitrogens with zero attached hydrogens (tertiary/aromatic N) is 3. The van der Waals surface area contributed by atoms with Crippen molar-refractivity contribution in [3.63, 3.8) is 0 Å². The van der Waals surface area contributed by atoms with E-state index in [0.717, 1.165) is 5.56 Å². The first-order valence-electron chi connectivity index (χ1n) is 6.71. The molecule has 116 valence electrons. The van der Waals surface area contributed by atoms with Crippen molar-refractivity contribution in [2.24, 2.45) is 0 Å². The Hall–Kier alpha value is -2.12. The minimum atomic E-state index is -1.02. The molecular formula is C14H15ClN4O3. The number of H-pyrrole nitrogens is 1. The van der Waals surface area contributed by atoms with E-state index in [1.807, 2.05) is 6.07 Å². The number of ether oxygens (including phenoxy) is 1. The number of carbonyl (C=O) groups is 1. The van der Waals surface area contributed by atoms with Gasteiger partial charge in [0.05, 0.1) is 17.7 Å². The fraction of sp³-hybridized carbons (Fsp3) is 0.357. The van der Waals surface area contributed by atoms with Gasteiger partial charge in [-0.15, -0.1) is 0 Å². The summed E-state index contributed by atoms with van der Waals surface area (Å²) in [4.78, 5) is 17.0. The molecule has 8 heteroatoms. The summed E-state index contributed by atoms with van der Waals surface area (Å²) in [7, 11) is 0. The van der Waals surface area contributed by atoms with Crippen LogP contribution in [-0.4, -0.2) is 43.6 Å². The van der Waals surface area contributed by atoms with Crippen LogP contribution < -0.4 is 0 Å². The third-order valence-corrected chi connectivity index (χ3v) is 4.07. The normalized spacial score (nSPS) is 20.3. The average molecular weight is 323 g/mol. The summed E-state index contributed by atoms with van der Waals surface area (Å²) in [6, 6.07) is 4.94. The van der Waals surface area contributed by atoms with Gasteiger partial charge in [-0.2, -0.15) is 5.10 Å². The Morgan fingerprint density at radius 1 is 1.55 bits per heavy atom. The molecule has 1 aromatic carbocycles. The van der Waals surface area contributed by atoms with E-state index < -0.39 is 17.9 Å². The molecule has 22 heavy (non-hydrogen) atoms. The van der Waals surface area contributed by atoms with E-state index in [4.69, 9.17) is 16.3 Å². The number of carboxylic acid groups (broad SMARTS) is 1. The molecular weight excluding hydrogens is 308 g/mol. The molecule has 3 rings (SSSR count). The first-order chi connectivity index (χ1) is 10.4. The van der Waals surface area contributed by atoms with E-state index in [0.29, 0.717) is 16.4 Å². The molecule has 2 N–H and O–H groups in total. The van der Waals surface area contributed by atoms with Crippen LogP contribution >= 0.6 is 11.6 Å². The minimum absolute atomic E-state index is 0.288. The molecule has 0 radical (unpaired) electrons. The van der Waals surface area contributed by atoms with Gasteiger partial charge in [0, 0.05) is 5.56 Å². The Kier molecular flexibility index (Phi) is 3.54. The predicted molar refractivity (Wildman–Crippen MR) is 79.5 cm³/mol. The van der Waals surface area contributed by atoms with E-state index in [1.165, 1.54) is 11.2 Å². The quantitative estimate of drug-likeness (QED) is 0.887. The molecule has 1 aromatic heterocycles. The molecule has 1 aliphatic rings. The third kappa shape index (κ3) is 2.42. The molecule has 0 saturated carbocycles. The van der Waals surface area contributed by atoms with E-state index >= 15 is 0 Å². The fourth-order valence-electron chi connectivity index (χ4n) is 2.68. The van der Waals surface area contributed by atoms with Crippen LogP contribution in [0.2, 0.25) is 5.02 Å². The Balaban J connectivity index is 2.02. The summed E-state index contributed by atoms with van der Waals surface area (Å²) in [5.41, 5.74) is 0.596. The zero-order valence-corrected chi connectivity index (χ0v) is 12.8. The van der Waals surface area contributed by atoms with Crippen molar-refractivity contribution in [3.8, 4) is 11.4 Å². The highest BCUT2D eigenvalue weighted by Crippen LogP contribution is 2.38. The molecule has 1 aliphatic heterocycles. The van der Waals surface area contributed by atoms with Gasteiger partial charge in [0.1, 0.15) is 12.1 Å². The molecule has 1 atom stereocenters. The maximum absolute atomic E-state index is 11.6. The van der Waals surface area contributed by atoms with Crippen LogP contribution in [0.4, 0.5) is 4.79 Å². The van der Waals surface area contributed by atoms with Crippen molar-refractivity contribution < 1.29 is 14.6 Å². The second-order valence-corrected chi connectivity index (χ2v) is 5.91. The standard InChI is InChI=1S/C14H15ClN4O3/c1-14(2)19(13(20)21)11(6-22-14)8-3-4-10(15)9(5-8)12-16-7-17-18-12/h3-5,7,11H,6H2,1-2H3,(H,20,21)(H,16,17,18)/t11-/m1/s1. The van der Waals surface area contributed by atoms with Gasteiger partial charge >= 0.3 is 6.09 Å². The Bertz CT molecular complexity index is 702. The molecule has 0 bridgehead atoms. The number of benzene rings is 1. The van der Waals surface area contributed by atoms with Crippen LogP contribution in [0, 0.1) is 0 Å². The molecule has 2 heterocycles. The summed E-state index contributed by atoms with van der Waals surface area (Å²) in [5, 5.41) is 16.6. The molecule has 0 unspecified atom stereocenters. The van der Waals surface area contributed by atoms with Gasteiger partial charge in [0.2, 0.25) is 0 Å². The van der Waals surface area contributed by atoms with Crippen LogP contribution in [-0.2, 0) is 4.74 Å². The van der Waals surface area contributed by atoms with Gasteiger partial charge in [0.25, 0.3) is 0 Å². The van der Waals surface area contributed by atoms with E-state index in [2.05, 4.69) is 15.2 Å². The van der Waals surface area contributed by atoms with Gasteiger partial charge in [-0.25, -0.2) is 9.78 Å². The molecule has 0 aliphatic carbocycles. The highest BCUT2D eigenvalue weighted by molar-refractivity contribution is 6.33. The summed E-state index contributed by atoms with van der Waals surface area (Å²) >= 11 is 6.20. The fourth-order valence-corrected chi connectivity index (χ4v) is 2.89. The van der Waals surface area contributed by atoms with Gasteiger partial charge in [-0.1, -0.05) is 17.7 Å². The Labute approximate surface area is 131 Å². The maximum Gasteiger partial charge on any atom is 0.410 e. The average Bonchev–Trinajstić information content (AvgIpc) is 3.06. The lowest BCUT2D eigenvalue weighted by Crippen LogP contribution is -2.44. The molecule has 7 nitrogen and oxygen atoms in total. The second kappa shape index (κ2) is 5.26. The lowest BCUT2D eigenvalue weighted by Gasteiger charge is -2.31. The number of nitrogens with one attached hydrogen (secondary N) is 1. The molecule has 2 aromatic rings. The summed E-state index contributed by atoms with van der Waals surface area (Å²) < 4.78 is 5.62. The van der Waals surface area contributed by atoms with E-state index in [9.17, 15) is 9.90 Å². The number of rotatable bonds is 2. The summed E-state index contributed by atoms with van der Waals surface area (Å²) in [6.07, 6.45) is 0.368. The van der Waals surface area contributed by atoms with Crippen molar-refractivity contribution in [2.75, 3.05) is 6.61 Å². The van der Waals surface area contributed by atoms with Crippen molar-refractivity contribution in [1.82, 2.24) is 20.1 Å². The van der Waals surface area contributed by atoms with Crippen LogP contribution in [0.15, 0.2) is 24.5 Å². The largest absolute Gasteiger partial charge is 0.465 e. The van der Waals surface area contributed by atoms with Crippen molar-refractivity contribution >= 4 is 17.7 Å². The van der Waals surface area contributed by atoms with Gasteiger partial charge in [0.15, 0.2) is 5.82 Å². The van der Waals surface area contributed by atoms with Crippen molar-refractivity contribution in [1.29, 1.82) is 0 Å². The zero-order chi connectivity index (χ0) is 15.9. The Morgan fingerprint density at radius 2 is 2.32 bits per heavy atom. The van der Waals surface area contributed by atoms with Crippen LogP contribution in [0.1, 0.15) is 25.5 Å². The molecule has 1 amide bonds. The molecule has 1 saturated heterocycles. The number of aromatic amines is 1. The van der Waals surface area contributed by atoms with Gasteiger partial charge < -0.3 is 9.84 Å². The third-order valence-electron chi connectivity index (χ3n) is 3.74. The van der Waals surface area contributed by atoms with Crippen molar-refractivity contribution in [2.45, 2.75) is 25.6 Å². The lowest BCUT2D eigenvalue weighted by molar-refractivity contribution is -0.0420. The number of hydrogen-bond donors (Lipinski definition) is 2. The van der Waals surface area contributed by atoms with E-state index in [-0.39, 0.29) is 6.61 Å². The monoisotopic (exact) mass is 322 g/mol.